The van der Waals surface area contributed by atoms with Gasteiger partial charge in [-0.25, -0.2) is 14.4 Å². The summed E-state index contributed by atoms with van der Waals surface area (Å²) in [5.41, 5.74) is 6.04. The van der Waals surface area contributed by atoms with E-state index in [2.05, 4.69) is 15.3 Å². The lowest BCUT2D eigenvalue weighted by molar-refractivity contribution is -0.115. The number of fused-ring (bicyclic) bond motifs is 1. The second-order valence-electron chi connectivity index (χ2n) is 4.76. The molecule has 3 aromatic rings. The second kappa shape index (κ2) is 6.51. The van der Waals surface area contributed by atoms with Crippen LogP contribution in [-0.2, 0) is 4.79 Å². The molecule has 0 aliphatic heterocycles. The molecule has 1 aromatic carbocycles. The zero-order valence-electron chi connectivity index (χ0n) is 12.1. The van der Waals surface area contributed by atoms with Crippen molar-refractivity contribution < 1.29 is 9.18 Å². The molecule has 2 aromatic heterocycles. The molecule has 3 rings (SSSR count). The first-order valence-electron chi connectivity index (χ1n) is 6.77. The SMILES string of the molecule is C[C@@H](Sc1nc(N)c2ccsc2n1)C(=O)Nc1ccccc1F. The van der Waals surface area contributed by atoms with E-state index in [-0.39, 0.29) is 11.6 Å². The number of thioether (sulfide) groups is 1. The number of benzene rings is 1. The summed E-state index contributed by atoms with van der Waals surface area (Å²) in [6.45, 7) is 1.71. The van der Waals surface area contributed by atoms with E-state index in [0.717, 1.165) is 10.2 Å². The number of thiophene rings is 1. The first kappa shape index (κ1) is 15.7. The minimum absolute atomic E-state index is 0.152. The predicted molar refractivity (Wildman–Crippen MR) is 92.2 cm³/mol. The molecule has 0 spiro atoms. The number of nitrogens with zero attached hydrogens (tertiary/aromatic N) is 2. The van der Waals surface area contributed by atoms with E-state index in [1.54, 1.807) is 19.1 Å². The Labute approximate surface area is 140 Å². The molecule has 1 amide bonds. The molecule has 0 aliphatic carbocycles. The fourth-order valence-electron chi connectivity index (χ4n) is 1.92. The summed E-state index contributed by atoms with van der Waals surface area (Å²) in [6, 6.07) is 7.89. The maximum atomic E-state index is 13.6. The van der Waals surface area contributed by atoms with Gasteiger partial charge in [-0.2, -0.15) is 0 Å². The number of halogens is 1. The first-order chi connectivity index (χ1) is 11.0. The zero-order valence-corrected chi connectivity index (χ0v) is 13.7. The predicted octanol–water partition coefficient (Wildman–Crippen LogP) is 3.53. The van der Waals surface area contributed by atoms with Crippen molar-refractivity contribution in [3.05, 3.63) is 41.5 Å². The van der Waals surface area contributed by atoms with Crippen molar-refractivity contribution in [2.75, 3.05) is 11.1 Å². The summed E-state index contributed by atoms with van der Waals surface area (Å²) >= 11 is 2.64. The third kappa shape index (κ3) is 3.43. The van der Waals surface area contributed by atoms with Gasteiger partial charge < -0.3 is 11.1 Å². The Morgan fingerprint density at radius 3 is 2.91 bits per heavy atom. The highest BCUT2D eigenvalue weighted by molar-refractivity contribution is 8.00. The minimum atomic E-state index is -0.494. The van der Waals surface area contributed by atoms with Crippen molar-refractivity contribution in [1.82, 2.24) is 9.97 Å². The van der Waals surface area contributed by atoms with Gasteiger partial charge in [0.25, 0.3) is 0 Å². The van der Waals surface area contributed by atoms with Crippen LogP contribution < -0.4 is 11.1 Å². The summed E-state index contributed by atoms with van der Waals surface area (Å²) < 4.78 is 13.6. The second-order valence-corrected chi connectivity index (χ2v) is 6.96. The van der Waals surface area contributed by atoms with E-state index in [4.69, 9.17) is 5.73 Å². The van der Waals surface area contributed by atoms with Gasteiger partial charge >= 0.3 is 0 Å². The van der Waals surface area contributed by atoms with Crippen LogP contribution in [0.25, 0.3) is 10.2 Å². The summed E-state index contributed by atoms with van der Waals surface area (Å²) in [5, 5.41) is 5.18. The summed E-state index contributed by atoms with van der Waals surface area (Å²) in [6.07, 6.45) is 0. The van der Waals surface area contributed by atoms with Gasteiger partial charge in [0.15, 0.2) is 5.16 Å². The number of nitrogens with one attached hydrogen (secondary N) is 1. The average molecular weight is 348 g/mol. The van der Waals surface area contributed by atoms with E-state index in [0.29, 0.717) is 11.0 Å². The van der Waals surface area contributed by atoms with E-state index in [1.807, 2.05) is 11.4 Å². The van der Waals surface area contributed by atoms with Crippen LogP contribution in [0, 0.1) is 5.82 Å². The molecular weight excluding hydrogens is 335 g/mol. The summed E-state index contributed by atoms with van der Waals surface area (Å²) in [7, 11) is 0. The number of rotatable bonds is 4. The van der Waals surface area contributed by atoms with Crippen molar-refractivity contribution in [1.29, 1.82) is 0 Å². The molecule has 1 atom stereocenters. The van der Waals surface area contributed by atoms with Gasteiger partial charge in [0, 0.05) is 0 Å². The Balaban J connectivity index is 1.73. The lowest BCUT2D eigenvalue weighted by atomic mass is 10.3. The highest BCUT2D eigenvalue weighted by atomic mass is 32.2. The maximum absolute atomic E-state index is 13.6. The average Bonchev–Trinajstić information content (AvgIpc) is 2.98. The van der Waals surface area contributed by atoms with Gasteiger partial charge in [0.1, 0.15) is 16.5 Å². The van der Waals surface area contributed by atoms with Crippen molar-refractivity contribution in [2.45, 2.75) is 17.3 Å². The molecule has 0 fully saturated rings. The van der Waals surface area contributed by atoms with E-state index >= 15 is 0 Å². The highest BCUT2D eigenvalue weighted by Gasteiger charge is 2.18. The van der Waals surface area contributed by atoms with Gasteiger partial charge in [-0.1, -0.05) is 23.9 Å². The number of nitrogen functional groups attached to an aromatic ring is 1. The number of carbonyl (C=O) groups is 1. The molecule has 5 nitrogen and oxygen atoms in total. The molecule has 0 saturated heterocycles. The molecule has 0 radical (unpaired) electrons. The van der Waals surface area contributed by atoms with E-state index in [1.165, 1.54) is 35.2 Å². The molecular formula is C15H13FN4OS2. The Morgan fingerprint density at radius 1 is 1.35 bits per heavy atom. The van der Waals surface area contributed by atoms with Crippen LogP contribution in [0.5, 0.6) is 0 Å². The Morgan fingerprint density at radius 2 is 2.13 bits per heavy atom. The standard InChI is InChI=1S/C15H13FN4OS2/c1-8(13(21)18-11-5-3-2-4-10(11)16)23-15-19-12(17)9-6-7-22-14(9)20-15/h2-8H,1H3,(H,18,21)(H2,17,19,20)/t8-/m1/s1. The van der Waals surface area contributed by atoms with Crippen molar-refractivity contribution >= 4 is 50.7 Å². The molecule has 2 heterocycles. The van der Waals surface area contributed by atoms with Crippen LogP contribution in [0.3, 0.4) is 0 Å². The number of hydrogen-bond acceptors (Lipinski definition) is 6. The summed E-state index contributed by atoms with van der Waals surface area (Å²) in [4.78, 5) is 21.5. The molecule has 118 valence electrons. The van der Waals surface area contributed by atoms with Crippen molar-refractivity contribution in [3.63, 3.8) is 0 Å². The third-order valence-electron chi connectivity index (χ3n) is 3.12. The molecule has 3 N–H and O–H groups in total. The molecule has 0 saturated carbocycles. The van der Waals surface area contributed by atoms with Crippen molar-refractivity contribution in [3.8, 4) is 0 Å². The maximum Gasteiger partial charge on any atom is 0.237 e. The topological polar surface area (TPSA) is 80.9 Å². The van der Waals surface area contributed by atoms with Crippen LogP contribution in [-0.4, -0.2) is 21.1 Å². The van der Waals surface area contributed by atoms with E-state index in [9.17, 15) is 9.18 Å². The minimum Gasteiger partial charge on any atom is -0.383 e. The van der Waals surface area contributed by atoms with E-state index < -0.39 is 11.1 Å². The van der Waals surface area contributed by atoms with Gasteiger partial charge in [-0.3, -0.25) is 4.79 Å². The lowest BCUT2D eigenvalue weighted by Gasteiger charge is -2.12. The molecule has 0 bridgehead atoms. The molecule has 8 heteroatoms. The van der Waals surface area contributed by atoms with Gasteiger partial charge in [0.2, 0.25) is 5.91 Å². The zero-order chi connectivity index (χ0) is 16.4. The number of anilines is 2. The van der Waals surface area contributed by atoms with Crippen LogP contribution >= 0.6 is 23.1 Å². The van der Waals surface area contributed by atoms with Crippen LogP contribution in [0.15, 0.2) is 40.9 Å². The first-order valence-corrected chi connectivity index (χ1v) is 8.53. The molecule has 0 unspecified atom stereocenters. The number of para-hydroxylation sites is 1. The fourth-order valence-corrected chi connectivity index (χ4v) is 3.53. The summed E-state index contributed by atoms with van der Waals surface area (Å²) in [5.74, 6) is -0.410. The normalized spacial score (nSPS) is 12.3. The van der Waals surface area contributed by atoms with Gasteiger partial charge in [0.05, 0.1) is 16.3 Å². The largest absolute Gasteiger partial charge is 0.383 e. The number of amides is 1. The Kier molecular flexibility index (Phi) is 4.44. The monoisotopic (exact) mass is 348 g/mol. The number of carbonyl (C=O) groups excluding carboxylic acids is 1. The Bertz CT molecular complexity index is 868. The van der Waals surface area contributed by atoms with Gasteiger partial charge in [-0.05, 0) is 30.5 Å². The van der Waals surface area contributed by atoms with Crippen molar-refractivity contribution in [2.24, 2.45) is 0 Å². The van der Waals surface area contributed by atoms with Crippen LogP contribution in [0.4, 0.5) is 15.9 Å². The number of aromatic nitrogens is 2. The third-order valence-corrected chi connectivity index (χ3v) is 4.88. The van der Waals surface area contributed by atoms with Crippen LogP contribution in [0.2, 0.25) is 0 Å². The van der Waals surface area contributed by atoms with Crippen LogP contribution in [0.1, 0.15) is 6.92 Å². The Hall–Kier alpha value is -2.19. The molecule has 23 heavy (non-hydrogen) atoms. The number of hydrogen-bond donors (Lipinski definition) is 2. The smallest absolute Gasteiger partial charge is 0.237 e. The van der Waals surface area contributed by atoms with Gasteiger partial charge in [-0.15, -0.1) is 11.3 Å². The molecule has 0 aliphatic rings. The lowest BCUT2D eigenvalue weighted by Crippen LogP contribution is -2.23. The highest BCUT2D eigenvalue weighted by Crippen LogP contribution is 2.28. The fraction of sp³-hybridized carbons (Fsp3) is 0.133. The quantitative estimate of drug-likeness (QED) is 0.557. The number of nitrogens with two attached hydrogens (primary N) is 1.